The monoisotopic (exact) mass is 373 g/mol. The van der Waals surface area contributed by atoms with Gasteiger partial charge in [0, 0.05) is 12.1 Å². The summed E-state index contributed by atoms with van der Waals surface area (Å²) in [6.07, 6.45) is 5.20. The Labute approximate surface area is 129 Å². The number of sulfonamides is 1. The van der Waals surface area contributed by atoms with Crippen LogP contribution >= 0.6 is 27.3 Å². The molecule has 0 spiro atoms. The Balaban J connectivity index is 1.89. The zero-order chi connectivity index (χ0) is 14.3. The molecule has 1 N–H and O–H groups in total. The smallest absolute Gasteiger partial charge is 0.262 e. The zero-order valence-electron chi connectivity index (χ0n) is 10.6. The predicted molar refractivity (Wildman–Crippen MR) is 81.6 cm³/mol. The minimum atomic E-state index is -3.62. The van der Waals surface area contributed by atoms with Gasteiger partial charge >= 0.3 is 0 Å². The Hall–Kier alpha value is -0.990. The molecule has 5 nitrogen and oxygen atoms in total. The van der Waals surface area contributed by atoms with Crippen LogP contribution in [0.2, 0.25) is 0 Å². The van der Waals surface area contributed by atoms with Gasteiger partial charge in [-0.3, -0.25) is 4.72 Å². The van der Waals surface area contributed by atoms with Crippen molar-refractivity contribution < 1.29 is 8.42 Å². The molecule has 3 rings (SSSR count). The minimum absolute atomic E-state index is 0.231. The maximum atomic E-state index is 12.3. The van der Waals surface area contributed by atoms with Gasteiger partial charge in [0.15, 0.2) is 10.0 Å². The average Bonchev–Trinajstić information content (AvgIpc) is 3.12. The molecule has 8 heteroatoms. The Bertz CT molecular complexity index is 754. The fourth-order valence-corrected chi connectivity index (χ4v) is 4.51. The number of thiazole rings is 1. The highest BCUT2D eigenvalue weighted by molar-refractivity contribution is 9.10. The van der Waals surface area contributed by atoms with E-state index in [9.17, 15) is 8.42 Å². The number of aryl methyl sites for hydroxylation is 1. The summed E-state index contributed by atoms with van der Waals surface area (Å²) in [7, 11) is -3.62. The van der Waals surface area contributed by atoms with Gasteiger partial charge in [0.25, 0.3) is 10.0 Å². The topological polar surface area (TPSA) is 72.0 Å². The summed E-state index contributed by atoms with van der Waals surface area (Å²) < 4.78 is 28.0. The second-order valence-corrected chi connectivity index (χ2v) is 8.45. The van der Waals surface area contributed by atoms with E-state index in [0.29, 0.717) is 16.2 Å². The predicted octanol–water partition coefficient (Wildman–Crippen LogP) is 3.29. The molecule has 0 bridgehead atoms. The lowest BCUT2D eigenvalue weighted by Crippen LogP contribution is -2.13. The van der Waals surface area contributed by atoms with Gasteiger partial charge < -0.3 is 0 Å². The fourth-order valence-electron chi connectivity index (χ4n) is 1.70. The molecule has 1 fully saturated rings. The van der Waals surface area contributed by atoms with Gasteiger partial charge in [-0.2, -0.15) is 0 Å². The van der Waals surface area contributed by atoms with E-state index in [1.165, 1.54) is 17.5 Å². The van der Waals surface area contributed by atoms with Crippen LogP contribution in [-0.4, -0.2) is 18.4 Å². The van der Waals surface area contributed by atoms with Gasteiger partial charge in [0.05, 0.1) is 15.7 Å². The number of nitrogens with one attached hydrogen (secondary N) is 1. The van der Waals surface area contributed by atoms with E-state index in [1.54, 1.807) is 12.3 Å². The molecule has 0 atom stereocenters. The van der Waals surface area contributed by atoms with Crippen molar-refractivity contribution in [1.29, 1.82) is 0 Å². The van der Waals surface area contributed by atoms with Gasteiger partial charge in [-0.05, 0) is 47.3 Å². The van der Waals surface area contributed by atoms with Crippen molar-refractivity contribution >= 4 is 43.1 Å². The van der Waals surface area contributed by atoms with E-state index in [4.69, 9.17) is 0 Å². The van der Waals surface area contributed by atoms with E-state index in [0.717, 1.165) is 23.4 Å². The molecule has 1 saturated carbocycles. The van der Waals surface area contributed by atoms with Gasteiger partial charge in [-0.15, -0.1) is 11.3 Å². The molecule has 1 aliphatic carbocycles. The van der Waals surface area contributed by atoms with Crippen LogP contribution in [0.3, 0.4) is 0 Å². The molecular weight excluding hydrogens is 362 g/mol. The van der Waals surface area contributed by atoms with Crippen molar-refractivity contribution in [3.8, 4) is 0 Å². The lowest BCUT2D eigenvalue weighted by atomic mass is 10.3. The highest BCUT2D eigenvalue weighted by atomic mass is 79.9. The summed E-state index contributed by atoms with van der Waals surface area (Å²) in [6, 6.07) is 1.81. The summed E-state index contributed by atoms with van der Waals surface area (Å²) in [5.41, 5.74) is 0.917. The maximum absolute atomic E-state index is 12.3. The second-order valence-electron chi connectivity index (χ2n) is 4.69. The highest BCUT2D eigenvalue weighted by Gasteiger charge is 2.29. The molecule has 2 heterocycles. The van der Waals surface area contributed by atoms with Crippen molar-refractivity contribution in [2.75, 3.05) is 4.72 Å². The van der Waals surface area contributed by atoms with Crippen LogP contribution in [0.15, 0.2) is 27.1 Å². The molecule has 1 aliphatic rings. The first kappa shape index (κ1) is 14.0. The van der Waals surface area contributed by atoms with Crippen LogP contribution in [0.25, 0.3) is 0 Å². The first-order chi connectivity index (χ1) is 9.47. The normalized spacial score (nSPS) is 15.3. The molecule has 0 radical (unpaired) electrons. The van der Waals surface area contributed by atoms with E-state index >= 15 is 0 Å². The zero-order valence-corrected chi connectivity index (χ0v) is 13.8. The van der Waals surface area contributed by atoms with Crippen molar-refractivity contribution in [2.45, 2.75) is 29.9 Å². The molecule has 0 amide bonds. The number of halogens is 1. The Morgan fingerprint density at radius 1 is 1.40 bits per heavy atom. The summed E-state index contributed by atoms with van der Waals surface area (Å²) in [5, 5.41) is 0.904. The molecule has 0 saturated heterocycles. The maximum Gasteiger partial charge on any atom is 0.274 e. The fraction of sp³-hybridized carbons (Fsp3) is 0.333. The number of rotatable bonds is 4. The summed E-state index contributed by atoms with van der Waals surface area (Å²) in [4.78, 5) is 8.24. The van der Waals surface area contributed by atoms with Crippen LogP contribution in [0, 0.1) is 6.92 Å². The molecule has 0 aliphatic heterocycles. The Morgan fingerprint density at radius 2 is 2.15 bits per heavy atom. The number of aromatic nitrogens is 2. The quantitative estimate of drug-likeness (QED) is 0.892. The third-order valence-corrected chi connectivity index (χ3v) is 6.97. The standard InChI is InChI=1S/C12H12BrN3O2S2/c1-7-4-5-14-11(10(7)13)16-20(17,18)9-6-15-12(19-9)8-2-3-8/h4-6,8H,2-3H2,1H3,(H,14,16). The van der Waals surface area contributed by atoms with Crippen molar-refractivity contribution in [1.82, 2.24) is 9.97 Å². The largest absolute Gasteiger partial charge is 0.274 e. The van der Waals surface area contributed by atoms with Crippen LogP contribution in [0.4, 0.5) is 5.82 Å². The first-order valence-electron chi connectivity index (χ1n) is 6.07. The van der Waals surface area contributed by atoms with Crippen LogP contribution in [0.5, 0.6) is 0 Å². The number of pyridine rings is 1. The summed E-state index contributed by atoms with van der Waals surface area (Å²) in [6.45, 7) is 1.88. The lowest BCUT2D eigenvalue weighted by molar-refractivity contribution is 0.602. The third-order valence-electron chi connectivity index (χ3n) is 3.01. The van der Waals surface area contributed by atoms with Gasteiger partial charge in [0.2, 0.25) is 0 Å². The van der Waals surface area contributed by atoms with Crippen LogP contribution in [-0.2, 0) is 10.0 Å². The third kappa shape index (κ3) is 2.72. The Kier molecular flexibility index (Phi) is 3.55. The molecule has 106 valence electrons. The van der Waals surface area contributed by atoms with E-state index in [-0.39, 0.29) is 4.21 Å². The Morgan fingerprint density at radius 3 is 2.85 bits per heavy atom. The molecule has 0 aromatic carbocycles. The van der Waals surface area contributed by atoms with Crippen molar-refractivity contribution in [2.24, 2.45) is 0 Å². The molecule has 20 heavy (non-hydrogen) atoms. The number of hydrogen-bond donors (Lipinski definition) is 1. The summed E-state index contributed by atoms with van der Waals surface area (Å²) in [5.74, 6) is 0.749. The van der Waals surface area contributed by atoms with E-state index < -0.39 is 10.0 Å². The molecule has 0 unspecified atom stereocenters. The second kappa shape index (κ2) is 5.09. The van der Waals surface area contributed by atoms with E-state index in [2.05, 4.69) is 30.6 Å². The van der Waals surface area contributed by atoms with Crippen molar-refractivity contribution in [3.63, 3.8) is 0 Å². The van der Waals surface area contributed by atoms with Gasteiger partial charge in [0.1, 0.15) is 0 Å². The number of hydrogen-bond acceptors (Lipinski definition) is 5. The first-order valence-corrected chi connectivity index (χ1v) is 9.16. The number of anilines is 1. The number of nitrogens with zero attached hydrogens (tertiary/aromatic N) is 2. The van der Waals surface area contributed by atoms with E-state index in [1.807, 2.05) is 6.92 Å². The van der Waals surface area contributed by atoms with Crippen LogP contribution in [0.1, 0.15) is 29.3 Å². The van der Waals surface area contributed by atoms with Crippen LogP contribution < -0.4 is 4.72 Å². The molecule has 2 aromatic rings. The van der Waals surface area contributed by atoms with Gasteiger partial charge in [-0.25, -0.2) is 18.4 Å². The highest BCUT2D eigenvalue weighted by Crippen LogP contribution is 2.42. The molecule has 2 aromatic heterocycles. The SMILES string of the molecule is Cc1ccnc(NS(=O)(=O)c2cnc(C3CC3)s2)c1Br. The minimum Gasteiger partial charge on any atom is -0.262 e. The lowest BCUT2D eigenvalue weighted by Gasteiger charge is -2.08. The molecular formula is C12H12BrN3O2S2. The van der Waals surface area contributed by atoms with Gasteiger partial charge in [-0.1, -0.05) is 0 Å². The summed E-state index contributed by atoms with van der Waals surface area (Å²) >= 11 is 4.58. The van der Waals surface area contributed by atoms with Crippen molar-refractivity contribution in [3.05, 3.63) is 33.5 Å². The average molecular weight is 374 g/mol.